The Labute approximate surface area is 147 Å². The molecule has 0 saturated heterocycles. The van der Waals surface area contributed by atoms with Crippen LogP contribution in [-0.4, -0.2) is 23.8 Å². The monoisotopic (exact) mass is 336 g/mol. The second kappa shape index (κ2) is 9.35. The van der Waals surface area contributed by atoms with Crippen molar-refractivity contribution in [3.8, 4) is 5.75 Å². The summed E-state index contributed by atoms with van der Waals surface area (Å²) in [5.74, 6) is 0.176. The van der Waals surface area contributed by atoms with Gasteiger partial charge in [0.2, 0.25) is 0 Å². The average Bonchev–Trinajstić information content (AvgIpc) is 2.65. The lowest BCUT2D eigenvalue weighted by molar-refractivity contribution is -0.121. The van der Waals surface area contributed by atoms with E-state index in [0.717, 1.165) is 16.7 Å². The standard InChI is InChI=1S/C21H20O4/c1-25-21-7-3-5-17(13-21)9-11-20(24)14-19(23)10-8-16-4-2-6-18(12-16)15-22/h2-13,22H,14-15H2,1H3/b10-8+,11-9+. The zero-order chi connectivity index (χ0) is 18.1. The lowest BCUT2D eigenvalue weighted by Crippen LogP contribution is -2.01. The van der Waals surface area contributed by atoms with Gasteiger partial charge in [-0.3, -0.25) is 9.59 Å². The van der Waals surface area contributed by atoms with Crippen LogP contribution < -0.4 is 4.74 Å². The predicted octanol–water partition coefficient (Wildman–Crippen LogP) is 3.44. The first kappa shape index (κ1) is 18.4. The molecule has 4 nitrogen and oxygen atoms in total. The fourth-order valence-corrected chi connectivity index (χ4v) is 2.21. The predicted molar refractivity (Wildman–Crippen MR) is 98.1 cm³/mol. The number of hydrogen-bond acceptors (Lipinski definition) is 4. The molecule has 4 heteroatoms. The number of ether oxygens (including phenoxy) is 1. The summed E-state index contributed by atoms with van der Waals surface area (Å²) in [6.07, 6.45) is 5.89. The Morgan fingerprint density at radius 2 is 1.56 bits per heavy atom. The average molecular weight is 336 g/mol. The number of carbonyl (C=O) groups is 2. The number of methoxy groups -OCH3 is 1. The van der Waals surface area contributed by atoms with Gasteiger partial charge in [0, 0.05) is 0 Å². The highest BCUT2D eigenvalue weighted by atomic mass is 16.5. The van der Waals surface area contributed by atoms with Crippen LogP contribution in [0.15, 0.2) is 60.7 Å². The SMILES string of the molecule is COc1cccc(/C=C/C(=O)CC(=O)/C=C/c2cccc(CO)c2)c1. The van der Waals surface area contributed by atoms with E-state index in [9.17, 15) is 9.59 Å². The van der Waals surface area contributed by atoms with Gasteiger partial charge in [-0.15, -0.1) is 0 Å². The summed E-state index contributed by atoms with van der Waals surface area (Å²) in [5, 5.41) is 9.09. The molecule has 2 rings (SSSR count). The lowest BCUT2D eigenvalue weighted by Gasteiger charge is -1.99. The molecule has 0 aliphatic carbocycles. The van der Waals surface area contributed by atoms with Gasteiger partial charge < -0.3 is 9.84 Å². The van der Waals surface area contributed by atoms with Crippen LogP contribution in [0.2, 0.25) is 0 Å². The molecule has 2 aromatic carbocycles. The van der Waals surface area contributed by atoms with E-state index in [0.29, 0.717) is 5.75 Å². The highest BCUT2D eigenvalue weighted by Gasteiger charge is 2.04. The second-order valence-corrected chi connectivity index (χ2v) is 5.46. The molecule has 0 fully saturated rings. The van der Waals surface area contributed by atoms with Gasteiger partial charge in [0.15, 0.2) is 11.6 Å². The van der Waals surface area contributed by atoms with Crippen molar-refractivity contribution < 1.29 is 19.4 Å². The Morgan fingerprint density at radius 1 is 0.960 bits per heavy atom. The summed E-state index contributed by atoms with van der Waals surface area (Å²) in [6.45, 7) is -0.0524. The van der Waals surface area contributed by atoms with Crippen LogP contribution in [0.5, 0.6) is 5.75 Å². The lowest BCUT2D eigenvalue weighted by atomic mass is 10.1. The molecule has 0 aliphatic rings. The van der Waals surface area contributed by atoms with Gasteiger partial charge in [0.05, 0.1) is 20.1 Å². The molecule has 25 heavy (non-hydrogen) atoms. The number of rotatable bonds is 8. The van der Waals surface area contributed by atoms with E-state index in [-0.39, 0.29) is 24.6 Å². The number of carbonyl (C=O) groups excluding carboxylic acids is 2. The number of aliphatic hydroxyl groups excluding tert-OH is 1. The smallest absolute Gasteiger partial charge is 0.163 e. The zero-order valence-corrected chi connectivity index (χ0v) is 14.0. The van der Waals surface area contributed by atoms with Crippen LogP contribution in [0.25, 0.3) is 12.2 Å². The third-order valence-electron chi connectivity index (χ3n) is 3.50. The molecule has 0 spiro atoms. The summed E-state index contributed by atoms with van der Waals surface area (Å²) < 4.78 is 5.12. The fraction of sp³-hybridized carbons (Fsp3) is 0.143. The van der Waals surface area contributed by atoms with Crippen molar-refractivity contribution in [2.24, 2.45) is 0 Å². The van der Waals surface area contributed by atoms with Crippen LogP contribution in [-0.2, 0) is 16.2 Å². The molecule has 0 unspecified atom stereocenters. The maximum Gasteiger partial charge on any atom is 0.163 e. The zero-order valence-electron chi connectivity index (χ0n) is 14.0. The van der Waals surface area contributed by atoms with Crippen molar-refractivity contribution in [1.82, 2.24) is 0 Å². The van der Waals surface area contributed by atoms with E-state index in [2.05, 4.69) is 0 Å². The van der Waals surface area contributed by atoms with E-state index < -0.39 is 0 Å². The second-order valence-electron chi connectivity index (χ2n) is 5.46. The molecule has 128 valence electrons. The van der Waals surface area contributed by atoms with E-state index >= 15 is 0 Å². The Morgan fingerprint density at radius 3 is 2.16 bits per heavy atom. The first-order valence-corrected chi connectivity index (χ1v) is 7.86. The summed E-state index contributed by atoms with van der Waals surface area (Å²) in [7, 11) is 1.58. The van der Waals surface area contributed by atoms with Gasteiger partial charge >= 0.3 is 0 Å². The molecule has 0 amide bonds. The molecular weight excluding hydrogens is 316 g/mol. The third kappa shape index (κ3) is 6.20. The summed E-state index contributed by atoms with van der Waals surface area (Å²) >= 11 is 0. The van der Waals surface area contributed by atoms with Crippen LogP contribution in [0.3, 0.4) is 0 Å². The van der Waals surface area contributed by atoms with E-state index in [1.165, 1.54) is 12.2 Å². The number of allylic oxidation sites excluding steroid dienone is 2. The van der Waals surface area contributed by atoms with Crippen LogP contribution in [0.4, 0.5) is 0 Å². The van der Waals surface area contributed by atoms with Crippen molar-refractivity contribution in [3.05, 3.63) is 77.4 Å². The van der Waals surface area contributed by atoms with Crippen molar-refractivity contribution >= 4 is 23.7 Å². The minimum absolute atomic E-state index is 0.0524. The normalized spacial score (nSPS) is 11.1. The molecule has 2 aromatic rings. The number of aliphatic hydroxyl groups is 1. The fourth-order valence-electron chi connectivity index (χ4n) is 2.21. The van der Waals surface area contributed by atoms with Gasteiger partial charge in [-0.2, -0.15) is 0 Å². The Hall–Kier alpha value is -2.98. The van der Waals surface area contributed by atoms with Gasteiger partial charge in [0.1, 0.15) is 5.75 Å². The molecule has 0 heterocycles. The summed E-state index contributed by atoms with van der Waals surface area (Å²) in [6, 6.07) is 14.5. The maximum absolute atomic E-state index is 11.9. The van der Waals surface area contributed by atoms with E-state index in [1.807, 2.05) is 24.3 Å². The minimum atomic E-state index is -0.269. The quantitative estimate of drug-likeness (QED) is 0.592. The van der Waals surface area contributed by atoms with Gasteiger partial charge in [0.25, 0.3) is 0 Å². The van der Waals surface area contributed by atoms with Crippen molar-refractivity contribution in [2.45, 2.75) is 13.0 Å². The van der Waals surface area contributed by atoms with Crippen molar-refractivity contribution in [3.63, 3.8) is 0 Å². The van der Waals surface area contributed by atoms with Crippen molar-refractivity contribution in [1.29, 1.82) is 0 Å². The largest absolute Gasteiger partial charge is 0.497 e. The number of ketones is 2. The third-order valence-corrected chi connectivity index (χ3v) is 3.50. The number of hydrogen-bond donors (Lipinski definition) is 1. The molecule has 0 aliphatic heterocycles. The Bertz CT molecular complexity index is 736. The molecule has 1 N–H and O–H groups in total. The number of benzene rings is 2. The van der Waals surface area contributed by atoms with Gasteiger partial charge in [-0.1, -0.05) is 42.5 Å². The Kier molecular flexibility index (Phi) is 6.87. The van der Waals surface area contributed by atoms with Crippen LogP contribution in [0, 0.1) is 0 Å². The van der Waals surface area contributed by atoms with Gasteiger partial charge in [-0.05, 0) is 47.0 Å². The first-order chi connectivity index (χ1) is 12.1. The molecule has 0 aromatic heterocycles. The molecule has 0 bridgehead atoms. The molecule has 0 saturated carbocycles. The van der Waals surface area contributed by atoms with E-state index in [1.54, 1.807) is 43.5 Å². The highest BCUT2D eigenvalue weighted by molar-refractivity contribution is 6.10. The minimum Gasteiger partial charge on any atom is -0.497 e. The van der Waals surface area contributed by atoms with Crippen LogP contribution in [0.1, 0.15) is 23.1 Å². The van der Waals surface area contributed by atoms with E-state index in [4.69, 9.17) is 9.84 Å². The molecular formula is C21H20O4. The Balaban J connectivity index is 1.91. The maximum atomic E-state index is 11.9. The molecule has 0 radical (unpaired) electrons. The summed E-state index contributed by atoms with van der Waals surface area (Å²) in [5.41, 5.74) is 2.41. The first-order valence-electron chi connectivity index (χ1n) is 7.86. The van der Waals surface area contributed by atoms with Crippen LogP contribution >= 0.6 is 0 Å². The highest BCUT2D eigenvalue weighted by Crippen LogP contribution is 2.14. The van der Waals surface area contributed by atoms with Gasteiger partial charge in [-0.25, -0.2) is 0 Å². The molecule has 0 atom stereocenters. The van der Waals surface area contributed by atoms with Crippen molar-refractivity contribution in [2.75, 3.05) is 7.11 Å². The topological polar surface area (TPSA) is 63.6 Å². The summed E-state index contributed by atoms with van der Waals surface area (Å²) in [4.78, 5) is 23.8.